The lowest BCUT2D eigenvalue weighted by atomic mass is 9.94. The Kier molecular flexibility index (Phi) is 5.54. The van der Waals surface area contributed by atoms with Crippen LogP contribution in [-0.4, -0.2) is 0 Å². The summed E-state index contributed by atoms with van der Waals surface area (Å²) in [6.45, 7) is 6.65. The number of hydrazine groups is 1. The molecule has 0 bridgehead atoms. The third-order valence-corrected chi connectivity index (χ3v) is 3.88. The van der Waals surface area contributed by atoms with Crippen molar-refractivity contribution >= 4 is 0 Å². The summed E-state index contributed by atoms with van der Waals surface area (Å²) in [5, 5.41) is 0. The lowest BCUT2D eigenvalue weighted by molar-refractivity contribution is 0.549. The molecule has 0 fully saturated rings. The molecular formula is C19H26N2. The van der Waals surface area contributed by atoms with Gasteiger partial charge in [-0.3, -0.25) is 11.3 Å². The quantitative estimate of drug-likeness (QED) is 0.622. The molecule has 0 radical (unpaired) electrons. The number of hydrogen-bond acceptors (Lipinski definition) is 2. The minimum Gasteiger partial charge on any atom is -0.271 e. The number of hydrogen-bond donors (Lipinski definition) is 2. The largest absolute Gasteiger partial charge is 0.271 e. The van der Waals surface area contributed by atoms with Crippen molar-refractivity contribution in [3.05, 3.63) is 70.8 Å². The average Bonchev–Trinajstić information content (AvgIpc) is 2.46. The molecule has 0 aliphatic heterocycles. The van der Waals surface area contributed by atoms with Crippen LogP contribution in [0.4, 0.5) is 0 Å². The lowest BCUT2D eigenvalue weighted by Gasteiger charge is -2.19. The summed E-state index contributed by atoms with van der Waals surface area (Å²) < 4.78 is 0. The Morgan fingerprint density at radius 2 is 1.76 bits per heavy atom. The summed E-state index contributed by atoms with van der Waals surface area (Å²) in [5.41, 5.74) is 8.28. The van der Waals surface area contributed by atoms with Crippen LogP contribution in [0.3, 0.4) is 0 Å². The van der Waals surface area contributed by atoms with E-state index in [-0.39, 0.29) is 6.04 Å². The first kappa shape index (κ1) is 15.7. The van der Waals surface area contributed by atoms with Gasteiger partial charge in [-0.15, -0.1) is 0 Å². The molecule has 0 spiro atoms. The van der Waals surface area contributed by atoms with Crippen molar-refractivity contribution in [1.82, 2.24) is 5.43 Å². The highest BCUT2D eigenvalue weighted by molar-refractivity contribution is 5.31. The van der Waals surface area contributed by atoms with E-state index in [4.69, 9.17) is 5.84 Å². The summed E-state index contributed by atoms with van der Waals surface area (Å²) in [5.74, 6) is 6.47. The van der Waals surface area contributed by atoms with Crippen LogP contribution >= 0.6 is 0 Å². The number of nitrogens with one attached hydrogen (secondary N) is 1. The van der Waals surface area contributed by atoms with Crippen LogP contribution < -0.4 is 11.3 Å². The molecule has 2 nitrogen and oxygen atoms in total. The molecule has 2 rings (SSSR count). The summed E-state index contributed by atoms with van der Waals surface area (Å²) >= 11 is 0. The van der Waals surface area contributed by atoms with Crippen LogP contribution in [0.15, 0.2) is 48.5 Å². The van der Waals surface area contributed by atoms with E-state index < -0.39 is 0 Å². The molecule has 2 aromatic rings. The normalized spacial score (nSPS) is 12.6. The van der Waals surface area contributed by atoms with Gasteiger partial charge in [-0.1, -0.05) is 62.4 Å². The van der Waals surface area contributed by atoms with Crippen LogP contribution in [0.25, 0.3) is 0 Å². The van der Waals surface area contributed by atoms with E-state index in [2.05, 4.69) is 74.7 Å². The first-order chi connectivity index (χ1) is 10.1. The number of benzene rings is 2. The zero-order chi connectivity index (χ0) is 15.2. The highest BCUT2D eigenvalue weighted by Crippen LogP contribution is 2.21. The van der Waals surface area contributed by atoms with Gasteiger partial charge in [0, 0.05) is 6.04 Å². The van der Waals surface area contributed by atoms with E-state index in [1.807, 2.05) is 0 Å². The molecule has 0 amide bonds. The Morgan fingerprint density at radius 1 is 1.00 bits per heavy atom. The predicted molar refractivity (Wildman–Crippen MR) is 89.9 cm³/mol. The fraction of sp³-hybridized carbons (Fsp3) is 0.368. The first-order valence-electron chi connectivity index (χ1n) is 7.69. The molecule has 0 aromatic heterocycles. The zero-order valence-electron chi connectivity index (χ0n) is 13.3. The van der Waals surface area contributed by atoms with Gasteiger partial charge in [0.05, 0.1) is 0 Å². The third kappa shape index (κ3) is 4.42. The zero-order valence-corrected chi connectivity index (χ0v) is 13.3. The average molecular weight is 282 g/mol. The van der Waals surface area contributed by atoms with E-state index in [0.717, 1.165) is 12.8 Å². The molecule has 3 N–H and O–H groups in total. The Bertz CT molecular complexity index is 575. The Labute approximate surface area is 128 Å². The lowest BCUT2D eigenvalue weighted by Crippen LogP contribution is -2.29. The second kappa shape index (κ2) is 7.39. The topological polar surface area (TPSA) is 38.0 Å². The van der Waals surface area contributed by atoms with Gasteiger partial charge in [0.1, 0.15) is 0 Å². The molecule has 2 heteroatoms. The SMILES string of the molecule is Cc1ccccc1CC(NN)c1cccc(CC(C)C)c1. The summed E-state index contributed by atoms with van der Waals surface area (Å²) in [6, 6.07) is 17.4. The Hall–Kier alpha value is -1.64. The molecule has 0 heterocycles. The van der Waals surface area contributed by atoms with Gasteiger partial charge < -0.3 is 0 Å². The summed E-state index contributed by atoms with van der Waals surface area (Å²) in [7, 11) is 0. The third-order valence-electron chi connectivity index (χ3n) is 3.88. The van der Waals surface area contributed by atoms with E-state index in [1.54, 1.807) is 0 Å². The Morgan fingerprint density at radius 3 is 2.43 bits per heavy atom. The van der Waals surface area contributed by atoms with Gasteiger partial charge in [-0.05, 0) is 47.9 Å². The molecular weight excluding hydrogens is 256 g/mol. The fourth-order valence-electron chi connectivity index (χ4n) is 2.74. The van der Waals surface area contributed by atoms with Crippen LogP contribution in [0.5, 0.6) is 0 Å². The standard InChI is InChI=1S/C19H26N2/c1-14(2)11-16-8-6-10-18(12-16)19(21-20)13-17-9-5-4-7-15(17)3/h4-10,12,14,19,21H,11,13,20H2,1-3H3. The van der Waals surface area contributed by atoms with Gasteiger partial charge in [0.25, 0.3) is 0 Å². The second-order valence-electron chi connectivity index (χ2n) is 6.19. The van der Waals surface area contributed by atoms with Gasteiger partial charge in [-0.2, -0.15) is 0 Å². The molecule has 2 aromatic carbocycles. The molecule has 1 atom stereocenters. The van der Waals surface area contributed by atoms with Gasteiger partial charge in [0.2, 0.25) is 0 Å². The van der Waals surface area contributed by atoms with Gasteiger partial charge in [-0.25, -0.2) is 0 Å². The summed E-state index contributed by atoms with van der Waals surface area (Å²) in [4.78, 5) is 0. The molecule has 0 aliphatic rings. The second-order valence-corrected chi connectivity index (χ2v) is 6.19. The Balaban J connectivity index is 2.19. The molecule has 21 heavy (non-hydrogen) atoms. The van der Waals surface area contributed by atoms with Crippen molar-refractivity contribution < 1.29 is 0 Å². The number of nitrogens with two attached hydrogens (primary N) is 1. The van der Waals surface area contributed by atoms with Crippen molar-refractivity contribution in [2.45, 2.75) is 39.7 Å². The van der Waals surface area contributed by atoms with Crippen molar-refractivity contribution in [2.24, 2.45) is 11.8 Å². The molecule has 0 saturated heterocycles. The monoisotopic (exact) mass is 282 g/mol. The molecule has 112 valence electrons. The van der Waals surface area contributed by atoms with E-state index in [0.29, 0.717) is 5.92 Å². The fourth-order valence-corrected chi connectivity index (χ4v) is 2.74. The van der Waals surface area contributed by atoms with Crippen molar-refractivity contribution in [3.8, 4) is 0 Å². The maximum absolute atomic E-state index is 5.80. The van der Waals surface area contributed by atoms with E-state index >= 15 is 0 Å². The van der Waals surface area contributed by atoms with Crippen molar-refractivity contribution in [2.75, 3.05) is 0 Å². The van der Waals surface area contributed by atoms with Crippen LogP contribution in [0, 0.1) is 12.8 Å². The molecule has 1 unspecified atom stereocenters. The summed E-state index contributed by atoms with van der Waals surface area (Å²) in [6.07, 6.45) is 2.02. The number of rotatable bonds is 6. The van der Waals surface area contributed by atoms with E-state index in [1.165, 1.54) is 22.3 Å². The highest BCUT2D eigenvalue weighted by Gasteiger charge is 2.12. The van der Waals surface area contributed by atoms with Crippen LogP contribution in [0.1, 0.15) is 42.1 Å². The smallest absolute Gasteiger partial charge is 0.0500 e. The van der Waals surface area contributed by atoms with Crippen molar-refractivity contribution in [1.29, 1.82) is 0 Å². The van der Waals surface area contributed by atoms with E-state index in [9.17, 15) is 0 Å². The molecule has 0 saturated carbocycles. The van der Waals surface area contributed by atoms with Crippen molar-refractivity contribution in [3.63, 3.8) is 0 Å². The van der Waals surface area contributed by atoms with Crippen LogP contribution in [0.2, 0.25) is 0 Å². The maximum Gasteiger partial charge on any atom is 0.0500 e. The number of aryl methyl sites for hydroxylation is 1. The maximum atomic E-state index is 5.80. The molecule has 0 aliphatic carbocycles. The van der Waals surface area contributed by atoms with Gasteiger partial charge in [0.15, 0.2) is 0 Å². The van der Waals surface area contributed by atoms with Gasteiger partial charge >= 0.3 is 0 Å². The minimum absolute atomic E-state index is 0.151. The minimum atomic E-state index is 0.151. The van der Waals surface area contributed by atoms with Crippen LogP contribution in [-0.2, 0) is 12.8 Å². The highest BCUT2D eigenvalue weighted by atomic mass is 15.2. The first-order valence-corrected chi connectivity index (χ1v) is 7.69. The predicted octanol–water partition coefficient (Wildman–Crippen LogP) is 3.94.